The number of halogens is 4. The average Bonchev–Trinajstić information content (AvgIpc) is 2.72. The minimum Gasteiger partial charge on any atom is -0.366 e. The quantitative estimate of drug-likeness (QED) is 0.774. The van der Waals surface area contributed by atoms with E-state index < -0.39 is 17.7 Å². The maximum Gasteiger partial charge on any atom is 0.416 e. The monoisotopic (exact) mass is 437 g/mol. The molecule has 2 aromatic carbocycles. The van der Waals surface area contributed by atoms with Crippen LogP contribution in [0, 0.1) is 5.92 Å². The fourth-order valence-electron chi connectivity index (χ4n) is 4.53. The van der Waals surface area contributed by atoms with E-state index in [1.165, 1.54) is 6.07 Å². The Labute approximate surface area is 178 Å². The van der Waals surface area contributed by atoms with E-state index in [-0.39, 0.29) is 18.4 Å². The summed E-state index contributed by atoms with van der Waals surface area (Å²) in [6.07, 6.45) is -4.13. The van der Waals surface area contributed by atoms with Crippen molar-refractivity contribution in [1.29, 1.82) is 0 Å². The van der Waals surface area contributed by atoms with Gasteiger partial charge in [0.25, 0.3) is 0 Å². The Kier molecular flexibility index (Phi) is 5.57. The van der Waals surface area contributed by atoms with Crippen LogP contribution < -0.4 is 15.1 Å². The lowest BCUT2D eigenvalue weighted by molar-refractivity contribution is -0.137. The van der Waals surface area contributed by atoms with Gasteiger partial charge in [-0.25, -0.2) is 0 Å². The van der Waals surface area contributed by atoms with Crippen molar-refractivity contribution in [3.8, 4) is 0 Å². The number of amides is 1. The number of carbonyl (C=O) groups excluding carboxylic acids is 1. The Balaban J connectivity index is 1.70. The molecule has 0 aromatic heterocycles. The molecule has 0 radical (unpaired) electrons. The second-order valence-corrected chi connectivity index (χ2v) is 8.11. The van der Waals surface area contributed by atoms with Crippen LogP contribution in [0.2, 0.25) is 5.02 Å². The Hall–Kier alpha value is -2.41. The van der Waals surface area contributed by atoms with Crippen LogP contribution in [0.5, 0.6) is 0 Å². The number of fused-ring (bicyclic) bond motifs is 3. The molecular weight excluding hydrogens is 415 g/mol. The number of benzene rings is 2. The van der Waals surface area contributed by atoms with Gasteiger partial charge in [-0.15, -0.1) is 0 Å². The molecule has 0 spiro atoms. The molecule has 2 atom stereocenters. The lowest BCUT2D eigenvalue weighted by Crippen LogP contribution is -2.61. The summed E-state index contributed by atoms with van der Waals surface area (Å²) in [7, 11) is 0. The minimum atomic E-state index is -4.41. The first-order valence-corrected chi connectivity index (χ1v) is 10.4. The van der Waals surface area contributed by atoms with Gasteiger partial charge in [0, 0.05) is 31.9 Å². The molecule has 8 heteroatoms. The first-order valence-electron chi connectivity index (χ1n) is 10.0. The fourth-order valence-corrected chi connectivity index (χ4v) is 4.79. The molecule has 2 aliphatic rings. The van der Waals surface area contributed by atoms with Crippen LogP contribution in [-0.2, 0) is 17.4 Å². The van der Waals surface area contributed by atoms with Gasteiger partial charge in [0.05, 0.1) is 28.2 Å². The van der Waals surface area contributed by atoms with E-state index in [4.69, 9.17) is 11.6 Å². The van der Waals surface area contributed by atoms with Gasteiger partial charge in [0.1, 0.15) is 0 Å². The normalized spacial score (nSPS) is 21.1. The summed E-state index contributed by atoms with van der Waals surface area (Å²) in [5.74, 6) is -0.567. The number of alkyl halides is 3. The molecule has 4 nitrogen and oxygen atoms in total. The second-order valence-electron chi connectivity index (χ2n) is 7.70. The Bertz CT molecular complexity index is 949. The van der Waals surface area contributed by atoms with Crippen LogP contribution in [-0.4, -0.2) is 38.1 Å². The summed E-state index contributed by atoms with van der Waals surface area (Å²) in [4.78, 5) is 17.1. The predicted molar refractivity (Wildman–Crippen MR) is 112 cm³/mol. The van der Waals surface area contributed by atoms with Gasteiger partial charge in [-0.3, -0.25) is 4.79 Å². The van der Waals surface area contributed by atoms with E-state index in [0.717, 1.165) is 17.4 Å². The van der Waals surface area contributed by atoms with E-state index in [2.05, 4.69) is 15.1 Å². The summed E-state index contributed by atoms with van der Waals surface area (Å²) in [6, 6.07) is 11.3. The van der Waals surface area contributed by atoms with Crippen LogP contribution >= 0.6 is 11.6 Å². The largest absolute Gasteiger partial charge is 0.416 e. The number of hydrogen-bond donors (Lipinski definition) is 1. The first-order chi connectivity index (χ1) is 14.3. The van der Waals surface area contributed by atoms with E-state index in [1.54, 1.807) is 6.07 Å². The van der Waals surface area contributed by atoms with Gasteiger partial charge in [0.15, 0.2) is 0 Å². The molecule has 0 unspecified atom stereocenters. The fraction of sp³-hybridized carbons (Fsp3) is 0.409. The SMILES string of the molecule is CCNC(=O)[C@@H]1Cc2cc(C(F)(F)F)ccc2N2CCN(c3ccccc3Cl)C[C@H]12. The summed E-state index contributed by atoms with van der Waals surface area (Å²) in [5, 5.41) is 3.50. The number of nitrogens with one attached hydrogen (secondary N) is 1. The van der Waals surface area contributed by atoms with Crippen LogP contribution in [0.1, 0.15) is 18.1 Å². The molecule has 2 aliphatic heterocycles. The molecule has 0 aliphatic carbocycles. The molecule has 30 heavy (non-hydrogen) atoms. The maximum atomic E-state index is 13.2. The molecule has 1 N–H and O–H groups in total. The zero-order valence-corrected chi connectivity index (χ0v) is 17.3. The first kappa shape index (κ1) is 20.8. The Morgan fingerprint density at radius 3 is 2.63 bits per heavy atom. The van der Waals surface area contributed by atoms with Crippen LogP contribution in [0.4, 0.5) is 24.5 Å². The van der Waals surface area contributed by atoms with Crippen molar-refractivity contribution >= 4 is 28.9 Å². The summed E-state index contributed by atoms with van der Waals surface area (Å²) >= 11 is 6.38. The smallest absolute Gasteiger partial charge is 0.366 e. The number of para-hydroxylation sites is 1. The van der Waals surface area contributed by atoms with Crippen molar-refractivity contribution in [2.24, 2.45) is 5.92 Å². The number of hydrogen-bond acceptors (Lipinski definition) is 3. The summed E-state index contributed by atoms with van der Waals surface area (Å²) < 4.78 is 39.7. The lowest BCUT2D eigenvalue weighted by Gasteiger charge is -2.49. The molecule has 2 heterocycles. The maximum absolute atomic E-state index is 13.2. The standard InChI is InChI=1S/C22H23ClF3N3O/c1-2-27-21(30)16-12-14-11-15(22(24,25)26)7-8-18(14)29-10-9-28(13-20(16)29)19-6-4-3-5-17(19)23/h3-8,11,16,20H,2,9-10,12-13H2,1H3,(H,27,30)/t16-,20-/m1/s1. The third-order valence-electron chi connectivity index (χ3n) is 5.92. The van der Waals surface area contributed by atoms with Gasteiger partial charge < -0.3 is 15.1 Å². The third-order valence-corrected chi connectivity index (χ3v) is 6.24. The van der Waals surface area contributed by atoms with Gasteiger partial charge >= 0.3 is 6.18 Å². The summed E-state index contributed by atoms with van der Waals surface area (Å²) in [5.41, 5.74) is 1.59. The zero-order valence-electron chi connectivity index (χ0n) is 16.5. The van der Waals surface area contributed by atoms with Gasteiger partial charge in [0.2, 0.25) is 5.91 Å². The highest BCUT2D eigenvalue weighted by molar-refractivity contribution is 6.33. The Morgan fingerprint density at radius 2 is 1.93 bits per heavy atom. The lowest BCUT2D eigenvalue weighted by atomic mass is 9.82. The molecule has 160 valence electrons. The van der Waals surface area contributed by atoms with E-state index >= 15 is 0 Å². The molecule has 0 saturated carbocycles. The molecule has 1 saturated heterocycles. The highest BCUT2D eigenvalue weighted by Gasteiger charge is 2.42. The van der Waals surface area contributed by atoms with Crippen molar-refractivity contribution in [3.63, 3.8) is 0 Å². The van der Waals surface area contributed by atoms with E-state index in [9.17, 15) is 18.0 Å². The minimum absolute atomic E-state index is 0.128. The number of nitrogens with zero attached hydrogens (tertiary/aromatic N) is 2. The van der Waals surface area contributed by atoms with Gasteiger partial charge in [-0.05, 0) is 49.2 Å². The van der Waals surface area contributed by atoms with Crippen LogP contribution in [0.3, 0.4) is 0 Å². The average molecular weight is 438 g/mol. The predicted octanol–water partition coefficient (Wildman–Crippen LogP) is 4.36. The van der Waals surface area contributed by atoms with E-state index in [0.29, 0.717) is 36.8 Å². The van der Waals surface area contributed by atoms with E-state index in [1.807, 2.05) is 31.2 Å². The molecule has 2 aromatic rings. The zero-order chi connectivity index (χ0) is 21.5. The molecule has 4 rings (SSSR count). The van der Waals surface area contributed by atoms with Gasteiger partial charge in [-0.1, -0.05) is 23.7 Å². The van der Waals surface area contributed by atoms with Gasteiger partial charge in [-0.2, -0.15) is 13.2 Å². The highest BCUT2D eigenvalue weighted by Crippen LogP contribution is 2.40. The number of anilines is 2. The van der Waals surface area contributed by atoms with Crippen LogP contribution in [0.15, 0.2) is 42.5 Å². The molecule has 1 amide bonds. The molecule has 0 bridgehead atoms. The van der Waals surface area contributed by atoms with Crippen molar-refractivity contribution < 1.29 is 18.0 Å². The van der Waals surface area contributed by atoms with Crippen LogP contribution in [0.25, 0.3) is 0 Å². The Morgan fingerprint density at radius 1 is 1.17 bits per heavy atom. The summed E-state index contributed by atoms with van der Waals surface area (Å²) in [6.45, 7) is 4.16. The molecule has 1 fully saturated rings. The topological polar surface area (TPSA) is 35.6 Å². The number of rotatable bonds is 3. The van der Waals surface area contributed by atoms with Crippen molar-refractivity contribution in [3.05, 3.63) is 58.6 Å². The highest BCUT2D eigenvalue weighted by atomic mass is 35.5. The van der Waals surface area contributed by atoms with Crippen molar-refractivity contribution in [2.75, 3.05) is 36.0 Å². The van der Waals surface area contributed by atoms with Crippen molar-refractivity contribution in [1.82, 2.24) is 5.32 Å². The second kappa shape index (κ2) is 8.02. The third kappa shape index (κ3) is 3.83. The number of piperazine rings is 1. The number of carbonyl (C=O) groups is 1. The van der Waals surface area contributed by atoms with Crippen molar-refractivity contribution in [2.45, 2.75) is 25.6 Å². The molecular formula is C22H23ClF3N3O.